The van der Waals surface area contributed by atoms with E-state index < -0.39 is 0 Å². The lowest BCUT2D eigenvalue weighted by Gasteiger charge is -2.11. The van der Waals surface area contributed by atoms with E-state index in [0.29, 0.717) is 13.2 Å². The van der Waals surface area contributed by atoms with Crippen molar-refractivity contribution < 1.29 is 4.74 Å². The highest BCUT2D eigenvalue weighted by Crippen LogP contribution is 2.27. The van der Waals surface area contributed by atoms with Crippen molar-refractivity contribution in [3.05, 3.63) is 35.4 Å². The summed E-state index contributed by atoms with van der Waals surface area (Å²) in [5.41, 5.74) is 2.42. The molecule has 0 radical (unpaired) electrons. The maximum absolute atomic E-state index is 5.66. The molecule has 0 aromatic heterocycles. The highest BCUT2D eigenvalue weighted by Gasteiger charge is 2.20. The number of aliphatic imine (C=N–C) groups is 1. The molecular weight excluding hydrogens is 274 g/mol. The van der Waals surface area contributed by atoms with Gasteiger partial charge >= 0.3 is 0 Å². The second-order valence-corrected chi connectivity index (χ2v) is 6.20. The van der Waals surface area contributed by atoms with Gasteiger partial charge in [-0.05, 0) is 50.7 Å². The van der Waals surface area contributed by atoms with Crippen molar-refractivity contribution in [2.45, 2.75) is 52.9 Å². The predicted octanol–water partition coefficient (Wildman–Crippen LogP) is 3.08. The Balaban J connectivity index is 1.88. The number of hydrogen-bond donors (Lipinski definition) is 2. The smallest absolute Gasteiger partial charge is 0.191 e. The Morgan fingerprint density at radius 1 is 1.27 bits per heavy atom. The van der Waals surface area contributed by atoms with Crippen molar-refractivity contribution in [2.75, 3.05) is 13.1 Å². The van der Waals surface area contributed by atoms with Crippen LogP contribution in [0.2, 0.25) is 0 Å². The molecule has 0 atom stereocenters. The molecule has 1 aromatic carbocycles. The molecule has 1 aliphatic carbocycles. The number of nitrogens with zero attached hydrogens (tertiary/aromatic N) is 1. The molecule has 0 aliphatic heterocycles. The van der Waals surface area contributed by atoms with Crippen LogP contribution in [0.4, 0.5) is 0 Å². The number of ether oxygens (including phenoxy) is 1. The molecule has 1 fully saturated rings. The second kappa shape index (κ2) is 8.79. The summed E-state index contributed by atoms with van der Waals surface area (Å²) < 4.78 is 5.66. The molecule has 1 aromatic rings. The minimum atomic E-state index is 0.258. The fourth-order valence-corrected chi connectivity index (χ4v) is 2.16. The average Bonchev–Trinajstić information content (AvgIpc) is 3.33. The predicted molar refractivity (Wildman–Crippen MR) is 91.9 cm³/mol. The molecule has 4 nitrogen and oxygen atoms in total. The van der Waals surface area contributed by atoms with E-state index in [9.17, 15) is 0 Å². The van der Waals surface area contributed by atoms with Gasteiger partial charge in [0.1, 0.15) is 0 Å². The van der Waals surface area contributed by atoms with E-state index in [0.717, 1.165) is 25.0 Å². The lowest BCUT2D eigenvalue weighted by molar-refractivity contribution is 0.0657. The van der Waals surface area contributed by atoms with Crippen molar-refractivity contribution in [3.63, 3.8) is 0 Å². The van der Waals surface area contributed by atoms with Gasteiger partial charge in [0.15, 0.2) is 5.96 Å². The molecule has 0 heterocycles. The Morgan fingerprint density at radius 2 is 2.05 bits per heavy atom. The van der Waals surface area contributed by atoms with Crippen LogP contribution in [0, 0.1) is 5.92 Å². The number of hydrogen-bond acceptors (Lipinski definition) is 2. The first-order valence-corrected chi connectivity index (χ1v) is 8.39. The summed E-state index contributed by atoms with van der Waals surface area (Å²) in [6.45, 7) is 9.49. The maximum atomic E-state index is 5.66. The standard InChI is InChI=1S/C18H29N3O/c1-4-19-18(20-11-15-8-9-15)21-12-16-6-5-7-17(10-16)13-22-14(2)3/h5-7,10,14-15H,4,8-9,11-13H2,1-3H3,(H2,19,20,21). The van der Waals surface area contributed by atoms with Gasteiger partial charge in [-0.2, -0.15) is 0 Å². The zero-order valence-electron chi connectivity index (χ0n) is 14.1. The molecule has 1 saturated carbocycles. The molecule has 0 bridgehead atoms. The molecule has 122 valence electrons. The van der Waals surface area contributed by atoms with Crippen LogP contribution < -0.4 is 10.6 Å². The third-order valence-electron chi connectivity index (χ3n) is 3.59. The van der Waals surface area contributed by atoms with Crippen LogP contribution in [0.15, 0.2) is 29.3 Å². The normalized spacial score (nSPS) is 15.2. The zero-order chi connectivity index (χ0) is 15.8. The van der Waals surface area contributed by atoms with Crippen LogP contribution in [0.3, 0.4) is 0 Å². The summed E-state index contributed by atoms with van der Waals surface area (Å²) in [5, 5.41) is 6.73. The average molecular weight is 303 g/mol. The quantitative estimate of drug-likeness (QED) is 0.573. The van der Waals surface area contributed by atoms with E-state index in [2.05, 4.69) is 60.7 Å². The fourth-order valence-electron chi connectivity index (χ4n) is 2.16. The molecule has 22 heavy (non-hydrogen) atoms. The monoisotopic (exact) mass is 303 g/mol. The zero-order valence-corrected chi connectivity index (χ0v) is 14.1. The lowest BCUT2D eigenvalue weighted by Crippen LogP contribution is -2.38. The minimum Gasteiger partial charge on any atom is -0.374 e. The summed E-state index contributed by atoms with van der Waals surface area (Å²) in [6, 6.07) is 8.48. The van der Waals surface area contributed by atoms with Crippen molar-refractivity contribution >= 4 is 5.96 Å². The van der Waals surface area contributed by atoms with Crippen molar-refractivity contribution in [2.24, 2.45) is 10.9 Å². The van der Waals surface area contributed by atoms with Crippen LogP contribution in [0.5, 0.6) is 0 Å². The lowest BCUT2D eigenvalue weighted by atomic mass is 10.1. The first kappa shape index (κ1) is 16.8. The minimum absolute atomic E-state index is 0.258. The van der Waals surface area contributed by atoms with Crippen LogP contribution in [-0.2, 0) is 17.9 Å². The molecule has 0 unspecified atom stereocenters. The van der Waals surface area contributed by atoms with Gasteiger partial charge in [0.05, 0.1) is 19.3 Å². The number of benzene rings is 1. The fraction of sp³-hybridized carbons (Fsp3) is 0.611. The van der Waals surface area contributed by atoms with Gasteiger partial charge < -0.3 is 15.4 Å². The van der Waals surface area contributed by atoms with Gasteiger partial charge in [-0.15, -0.1) is 0 Å². The molecule has 1 aliphatic rings. The Morgan fingerprint density at radius 3 is 2.73 bits per heavy atom. The van der Waals surface area contributed by atoms with Gasteiger partial charge in [0.25, 0.3) is 0 Å². The Labute approximate surface area is 134 Å². The summed E-state index contributed by atoms with van der Waals surface area (Å²) >= 11 is 0. The Hall–Kier alpha value is -1.55. The van der Waals surface area contributed by atoms with E-state index in [1.54, 1.807) is 0 Å². The first-order chi connectivity index (χ1) is 10.7. The van der Waals surface area contributed by atoms with Crippen LogP contribution in [0.25, 0.3) is 0 Å². The van der Waals surface area contributed by atoms with Crippen LogP contribution >= 0.6 is 0 Å². The van der Waals surface area contributed by atoms with E-state index in [1.165, 1.54) is 24.0 Å². The van der Waals surface area contributed by atoms with E-state index in [4.69, 9.17) is 4.74 Å². The number of nitrogens with one attached hydrogen (secondary N) is 2. The largest absolute Gasteiger partial charge is 0.374 e. The highest BCUT2D eigenvalue weighted by atomic mass is 16.5. The molecular formula is C18H29N3O. The Kier molecular flexibility index (Phi) is 6.72. The number of guanidine groups is 1. The topological polar surface area (TPSA) is 45.7 Å². The summed E-state index contributed by atoms with van der Waals surface area (Å²) in [4.78, 5) is 4.67. The van der Waals surface area contributed by atoms with E-state index in [1.807, 2.05) is 0 Å². The van der Waals surface area contributed by atoms with Crippen molar-refractivity contribution in [3.8, 4) is 0 Å². The Bertz CT molecular complexity index is 481. The second-order valence-electron chi connectivity index (χ2n) is 6.20. The molecule has 2 N–H and O–H groups in total. The summed E-state index contributed by atoms with van der Waals surface area (Å²) in [5.74, 6) is 1.76. The molecule has 0 spiro atoms. The molecule has 0 amide bonds. The van der Waals surface area contributed by atoms with Crippen LogP contribution in [0.1, 0.15) is 44.7 Å². The van der Waals surface area contributed by atoms with Gasteiger partial charge in [0.2, 0.25) is 0 Å². The van der Waals surface area contributed by atoms with Gasteiger partial charge in [0, 0.05) is 13.1 Å². The maximum Gasteiger partial charge on any atom is 0.191 e. The SMILES string of the molecule is CCNC(=NCc1cccc(COC(C)C)c1)NCC1CC1. The van der Waals surface area contributed by atoms with Gasteiger partial charge in [-0.1, -0.05) is 24.3 Å². The first-order valence-electron chi connectivity index (χ1n) is 8.39. The summed E-state index contributed by atoms with van der Waals surface area (Å²) in [7, 11) is 0. The van der Waals surface area contributed by atoms with Crippen LogP contribution in [-0.4, -0.2) is 25.2 Å². The summed E-state index contributed by atoms with van der Waals surface area (Å²) in [6.07, 6.45) is 2.96. The number of rotatable bonds is 8. The van der Waals surface area contributed by atoms with Crippen molar-refractivity contribution in [1.82, 2.24) is 10.6 Å². The molecule has 0 saturated heterocycles. The van der Waals surface area contributed by atoms with E-state index >= 15 is 0 Å². The molecule has 2 rings (SSSR count). The molecule has 4 heteroatoms. The third kappa shape index (κ3) is 6.48. The van der Waals surface area contributed by atoms with Gasteiger partial charge in [-0.25, -0.2) is 4.99 Å². The van der Waals surface area contributed by atoms with Gasteiger partial charge in [-0.3, -0.25) is 0 Å². The highest BCUT2D eigenvalue weighted by molar-refractivity contribution is 5.79. The van der Waals surface area contributed by atoms with Crippen molar-refractivity contribution in [1.29, 1.82) is 0 Å². The van der Waals surface area contributed by atoms with E-state index in [-0.39, 0.29) is 6.10 Å². The third-order valence-corrected chi connectivity index (χ3v) is 3.59.